The number of nitrogens with zero attached hydrogens (tertiary/aromatic N) is 1. The van der Waals surface area contributed by atoms with Crippen molar-refractivity contribution in [1.29, 1.82) is 0 Å². The zero-order valence-electron chi connectivity index (χ0n) is 13.2. The van der Waals surface area contributed by atoms with Crippen molar-refractivity contribution in [1.82, 2.24) is 4.90 Å². The first-order valence-electron chi connectivity index (χ1n) is 7.76. The molecule has 23 heavy (non-hydrogen) atoms. The van der Waals surface area contributed by atoms with Crippen LogP contribution in [0.25, 0.3) is 0 Å². The molecule has 2 amide bonds. The summed E-state index contributed by atoms with van der Waals surface area (Å²) in [6.45, 7) is 4.15. The number of ether oxygens (including phenoxy) is 1. The molecular weight excluding hydrogens is 318 g/mol. The van der Waals surface area contributed by atoms with Crippen molar-refractivity contribution in [3.8, 4) is 0 Å². The molecule has 0 aromatic heterocycles. The van der Waals surface area contributed by atoms with Crippen LogP contribution < -0.4 is 11.1 Å². The Labute approximate surface area is 140 Å². The average Bonchev–Trinajstić information content (AvgIpc) is 2.55. The van der Waals surface area contributed by atoms with E-state index in [2.05, 4.69) is 5.32 Å². The van der Waals surface area contributed by atoms with Crippen LogP contribution in [-0.4, -0.2) is 49.1 Å². The lowest BCUT2D eigenvalue weighted by molar-refractivity contribution is -0.117. The molecule has 0 spiro atoms. The van der Waals surface area contributed by atoms with E-state index < -0.39 is 6.04 Å². The highest BCUT2D eigenvalue weighted by atomic mass is 35.5. The van der Waals surface area contributed by atoms with E-state index in [0.717, 1.165) is 6.42 Å². The summed E-state index contributed by atoms with van der Waals surface area (Å²) >= 11 is 6.21. The maximum atomic E-state index is 12.4. The number of hydrogen-bond acceptors (Lipinski definition) is 4. The zero-order valence-corrected chi connectivity index (χ0v) is 13.9. The summed E-state index contributed by atoms with van der Waals surface area (Å²) in [7, 11) is 0. The first kappa shape index (κ1) is 17.7. The number of nitrogens with two attached hydrogens (primary N) is 1. The van der Waals surface area contributed by atoms with Crippen molar-refractivity contribution >= 4 is 29.1 Å². The number of halogens is 1. The molecule has 0 radical (unpaired) electrons. The molecule has 3 N–H and O–H groups in total. The van der Waals surface area contributed by atoms with Crippen molar-refractivity contribution in [3.05, 3.63) is 28.8 Å². The van der Waals surface area contributed by atoms with Crippen molar-refractivity contribution in [2.75, 3.05) is 31.6 Å². The summed E-state index contributed by atoms with van der Waals surface area (Å²) in [6, 6.07) is 4.32. The van der Waals surface area contributed by atoms with Gasteiger partial charge in [0, 0.05) is 18.8 Å². The fourth-order valence-corrected chi connectivity index (χ4v) is 2.64. The molecule has 126 valence electrons. The summed E-state index contributed by atoms with van der Waals surface area (Å²) in [5, 5.41) is 3.03. The highest BCUT2D eigenvalue weighted by molar-refractivity contribution is 6.34. The zero-order chi connectivity index (χ0) is 16.8. The second-order valence-corrected chi connectivity index (χ2v) is 5.89. The van der Waals surface area contributed by atoms with E-state index in [0.29, 0.717) is 49.0 Å². The van der Waals surface area contributed by atoms with E-state index in [1.165, 1.54) is 0 Å². The predicted octanol–water partition coefficient (Wildman–Crippen LogP) is 1.88. The Balaban J connectivity index is 2.05. The molecule has 1 aliphatic heterocycles. The minimum absolute atomic E-state index is 0.126. The van der Waals surface area contributed by atoms with Gasteiger partial charge >= 0.3 is 0 Å². The van der Waals surface area contributed by atoms with Crippen LogP contribution in [0.4, 0.5) is 5.69 Å². The molecule has 1 aromatic carbocycles. The van der Waals surface area contributed by atoms with Crippen LogP contribution in [0.15, 0.2) is 18.2 Å². The molecule has 1 saturated heterocycles. The van der Waals surface area contributed by atoms with Gasteiger partial charge in [0.15, 0.2) is 0 Å². The highest BCUT2D eigenvalue weighted by Gasteiger charge is 2.21. The van der Waals surface area contributed by atoms with Crippen LogP contribution in [0.5, 0.6) is 0 Å². The first-order chi connectivity index (χ1) is 11.0. The van der Waals surface area contributed by atoms with E-state index in [-0.39, 0.29) is 11.8 Å². The Kier molecular flexibility index (Phi) is 6.38. The second-order valence-electron chi connectivity index (χ2n) is 5.48. The fourth-order valence-electron chi connectivity index (χ4n) is 2.38. The number of hydrogen-bond donors (Lipinski definition) is 2. The maximum absolute atomic E-state index is 12.4. The van der Waals surface area contributed by atoms with Crippen molar-refractivity contribution in [2.24, 2.45) is 5.73 Å². The van der Waals surface area contributed by atoms with Gasteiger partial charge in [-0.2, -0.15) is 0 Å². The standard InChI is InChI=1S/C16H22ClN3O3/c1-2-3-14(18)15(21)19-11-4-5-12(13(17)10-11)16(22)20-6-8-23-9-7-20/h4-5,10,14H,2-3,6-9,18H2,1H3,(H,19,21). The van der Waals surface area contributed by atoms with Gasteiger partial charge in [0.2, 0.25) is 5.91 Å². The molecule has 1 unspecified atom stereocenters. The summed E-state index contributed by atoms with van der Waals surface area (Å²) in [4.78, 5) is 26.0. The lowest BCUT2D eigenvalue weighted by Gasteiger charge is -2.27. The van der Waals surface area contributed by atoms with Crippen molar-refractivity contribution in [3.63, 3.8) is 0 Å². The first-order valence-corrected chi connectivity index (χ1v) is 8.13. The number of carbonyl (C=O) groups is 2. The molecule has 0 aliphatic carbocycles. The number of carbonyl (C=O) groups excluding carboxylic acids is 2. The third-order valence-electron chi connectivity index (χ3n) is 3.70. The number of rotatable bonds is 5. The Morgan fingerprint density at radius 3 is 2.70 bits per heavy atom. The van der Waals surface area contributed by atoms with Crippen LogP contribution in [0.1, 0.15) is 30.1 Å². The second kappa shape index (κ2) is 8.29. The third kappa shape index (κ3) is 4.67. The van der Waals surface area contributed by atoms with Crippen LogP contribution in [0.2, 0.25) is 5.02 Å². The number of anilines is 1. The van der Waals surface area contributed by atoms with Crippen LogP contribution in [0.3, 0.4) is 0 Å². The van der Waals surface area contributed by atoms with E-state index >= 15 is 0 Å². The largest absolute Gasteiger partial charge is 0.378 e. The Hall–Kier alpha value is -1.63. The molecule has 1 aliphatic rings. The number of benzene rings is 1. The van der Waals surface area contributed by atoms with Gasteiger partial charge in [-0.1, -0.05) is 24.9 Å². The lowest BCUT2D eigenvalue weighted by Crippen LogP contribution is -2.40. The van der Waals surface area contributed by atoms with Gasteiger partial charge in [-0.3, -0.25) is 9.59 Å². The van der Waals surface area contributed by atoms with E-state index in [9.17, 15) is 9.59 Å². The van der Waals surface area contributed by atoms with Gasteiger partial charge in [-0.05, 0) is 24.6 Å². The summed E-state index contributed by atoms with van der Waals surface area (Å²) < 4.78 is 5.23. The van der Waals surface area contributed by atoms with E-state index in [4.69, 9.17) is 22.1 Å². The third-order valence-corrected chi connectivity index (χ3v) is 4.01. The van der Waals surface area contributed by atoms with Gasteiger partial charge in [0.05, 0.1) is 29.8 Å². The molecule has 0 saturated carbocycles. The van der Waals surface area contributed by atoms with Gasteiger partial charge in [0.1, 0.15) is 0 Å². The summed E-state index contributed by atoms with van der Waals surface area (Å²) in [5.74, 6) is -0.381. The van der Waals surface area contributed by atoms with Gasteiger partial charge < -0.3 is 20.7 Å². The topological polar surface area (TPSA) is 84.7 Å². The molecule has 7 heteroatoms. The van der Waals surface area contributed by atoms with Crippen LogP contribution >= 0.6 is 11.6 Å². The average molecular weight is 340 g/mol. The van der Waals surface area contributed by atoms with Gasteiger partial charge in [0.25, 0.3) is 5.91 Å². The minimum atomic E-state index is -0.548. The SMILES string of the molecule is CCCC(N)C(=O)Nc1ccc(C(=O)N2CCOCC2)c(Cl)c1. The van der Waals surface area contributed by atoms with Crippen molar-refractivity contribution < 1.29 is 14.3 Å². The lowest BCUT2D eigenvalue weighted by atomic mass is 10.1. The molecule has 1 heterocycles. The Morgan fingerprint density at radius 2 is 2.09 bits per heavy atom. The smallest absolute Gasteiger partial charge is 0.255 e. The van der Waals surface area contributed by atoms with Crippen LogP contribution in [0, 0.1) is 0 Å². The molecule has 1 fully saturated rings. The molecule has 2 rings (SSSR count). The van der Waals surface area contributed by atoms with Crippen LogP contribution in [-0.2, 0) is 9.53 Å². The number of amides is 2. The van der Waals surface area contributed by atoms with E-state index in [1.54, 1.807) is 23.1 Å². The molecular formula is C16H22ClN3O3. The molecule has 1 aromatic rings. The highest BCUT2D eigenvalue weighted by Crippen LogP contribution is 2.23. The minimum Gasteiger partial charge on any atom is -0.378 e. The molecule has 6 nitrogen and oxygen atoms in total. The monoisotopic (exact) mass is 339 g/mol. The fraction of sp³-hybridized carbons (Fsp3) is 0.500. The number of morpholine rings is 1. The van der Waals surface area contributed by atoms with E-state index in [1.807, 2.05) is 6.92 Å². The maximum Gasteiger partial charge on any atom is 0.255 e. The molecule has 1 atom stereocenters. The van der Waals surface area contributed by atoms with Gasteiger partial charge in [-0.15, -0.1) is 0 Å². The molecule has 0 bridgehead atoms. The Morgan fingerprint density at radius 1 is 1.39 bits per heavy atom. The number of nitrogens with one attached hydrogen (secondary N) is 1. The summed E-state index contributed by atoms with van der Waals surface area (Å²) in [6.07, 6.45) is 1.45. The summed E-state index contributed by atoms with van der Waals surface area (Å²) in [5.41, 5.74) is 6.72. The van der Waals surface area contributed by atoms with Gasteiger partial charge in [-0.25, -0.2) is 0 Å². The quantitative estimate of drug-likeness (QED) is 0.857. The normalized spacial score (nSPS) is 16.0. The Bertz CT molecular complexity index is 574. The predicted molar refractivity (Wildman–Crippen MR) is 89.7 cm³/mol. The van der Waals surface area contributed by atoms with Crippen molar-refractivity contribution in [2.45, 2.75) is 25.8 Å².